The van der Waals surface area contributed by atoms with Crippen molar-refractivity contribution in [3.05, 3.63) is 70.1 Å². The van der Waals surface area contributed by atoms with Gasteiger partial charge in [0.25, 0.3) is 0 Å². The third-order valence-corrected chi connectivity index (χ3v) is 4.94. The van der Waals surface area contributed by atoms with Crippen molar-refractivity contribution >= 4 is 22.0 Å². The van der Waals surface area contributed by atoms with Gasteiger partial charge in [-0.2, -0.15) is 0 Å². The number of nitrogens with one attached hydrogen (secondary N) is 1. The number of fused-ring (bicyclic) bond motifs is 1. The van der Waals surface area contributed by atoms with Crippen molar-refractivity contribution in [1.29, 1.82) is 0 Å². The summed E-state index contributed by atoms with van der Waals surface area (Å²) in [6.07, 6.45) is 9.19. The number of hydrogen-bond donors (Lipinski definition) is 1. The van der Waals surface area contributed by atoms with Crippen molar-refractivity contribution in [3.8, 4) is 0 Å². The summed E-state index contributed by atoms with van der Waals surface area (Å²) in [5, 5.41) is 3.55. The minimum atomic E-state index is 0.465. The van der Waals surface area contributed by atoms with Crippen LogP contribution in [0.2, 0.25) is 0 Å². The van der Waals surface area contributed by atoms with Crippen LogP contribution in [0.25, 0.3) is 6.08 Å². The number of rotatable bonds is 6. The van der Waals surface area contributed by atoms with Gasteiger partial charge >= 0.3 is 0 Å². The maximum Gasteiger partial charge on any atom is 0.0433 e. The van der Waals surface area contributed by atoms with Gasteiger partial charge in [0.2, 0.25) is 0 Å². The van der Waals surface area contributed by atoms with Crippen molar-refractivity contribution in [3.63, 3.8) is 0 Å². The number of nitrogens with zero attached hydrogens (tertiary/aromatic N) is 2. The summed E-state index contributed by atoms with van der Waals surface area (Å²) in [5.74, 6) is 0. The molecule has 3 rings (SSSR count). The Labute approximate surface area is 146 Å². The molecule has 1 aliphatic rings. The molecule has 2 heterocycles. The zero-order valence-electron chi connectivity index (χ0n) is 13.4. The van der Waals surface area contributed by atoms with Crippen LogP contribution in [0.4, 0.5) is 0 Å². The van der Waals surface area contributed by atoms with Gasteiger partial charge in [-0.3, -0.25) is 4.98 Å². The molecule has 0 unspecified atom stereocenters. The lowest BCUT2D eigenvalue weighted by Crippen LogP contribution is -2.38. The Bertz CT molecular complexity index is 670. The molecule has 120 valence electrons. The molecule has 0 spiro atoms. The van der Waals surface area contributed by atoms with Gasteiger partial charge in [-0.1, -0.05) is 34.1 Å². The normalized spacial score (nSPS) is 14.6. The molecule has 0 fully saturated rings. The highest BCUT2D eigenvalue weighted by Crippen LogP contribution is 2.27. The van der Waals surface area contributed by atoms with Crippen molar-refractivity contribution in [1.82, 2.24) is 15.2 Å². The van der Waals surface area contributed by atoms with Crippen molar-refractivity contribution in [2.75, 3.05) is 13.1 Å². The van der Waals surface area contributed by atoms with Crippen LogP contribution in [0.3, 0.4) is 0 Å². The van der Waals surface area contributed by atoms with Gasteiger partial charge in [-0.05, 0) is 54.8 Å². The van der Waals surface area contributed by atoms with Gasteiger partial charge in [0.05, 0.1) is 0 Å². The zero-order valence-corrected chi connectivity index (χ0v) is 15.0. The van der Waals surface area contributed by atoms with E-state index in [0.717, 1.165) is 26.1 Å². The van der Waals surface area contributed by atoms with Crippen molar-refractivity contribution < 1.29 is 0 Å². The largest absolute Gasteiger partial charge is 0.369 e. The molecule has 1 N–H and O–H groups in total. The van der Waals surface area contributed by atoms with Gasteiger partial charge in [0, 0.05) is 42.2 Å². The first-order chi connectivity index (χ1) is 11.2. The highest BCUT2D eigenvalue weighted by atomic mass is 79.9. The van der Waals surface area contributed by atoms with Gasteiger partial charge < -0.3 is 10.2 Å². The first-order valence-electron chi connectivity index (χ1n) is 8.05. The number of pyridine rings is 1. The van der Waals surface area contributed by atoms with E-state index in [1.165, 1.54) is 21.2 Å². The number of halogens is 1. The maximum atomic E-state index is 4.15. The molecule has 0 radical (unpaired) electrons. The monoisotopic (exact) mass is 371 g/mol. The predicted molar refractivity (Wildman–Crippen MR) is 99.0 cm³/mol. The van der Waals surface area contributed by atoms with Crippen molar-refractivity contribution in [2.45, 2.75) is 25.9 Å². The Balaban J connectivity index is 1.47. The van der Waals surface area contributed by atoms with Crippen LogP contribution in [-0.4, -0.2) is 29.0 Å². The summed E-state index contributed by atoms with van der Waals surface area (Å²) in [5.41, 5.74) is 3.97. The number of benzene rings is 1. The summed E-state index contributed by atoms with van der Waals surface area (Å²) >= 11 is 3.63. The Kier molecular flexibility index (Phi) is 5.47. The van der Waals surface area contributed by atoms with Gasteiger partial charge in [0.15, 0.2) is 0 Å². The summed E-state index contributed by atoms with van der Waals surface area (Å²) in [4.78, 5) is 6.55. The van der Waals surface area contributed by atoms with Crippen LogP contribution < -0.4 is 5.32 Å². The summed E-state index contributed by atoms with van der Waals surface area (Å²) in [7, 11) is 0. The Morgan fingerprint density at radius 3 is 3.04 bits per heavy atom. The fourth-order valence-electron chi connectivity index (χ4n) is 2.84. The molecule has 1 atom stereocenters. The minimum Gasteiger partial charge on any atom is -0.369 e. The highest BCUT2D eigenvalue weighted by molar-refractivity contribution is 9.10. The molecular weight excluding hydrogens is 350 g/mol. The van der Waals surface area contributed by atoms with Crippen molar-refractivity contribution in [2.24, 2.45) is 0 Å². The molecule has 0 aliphatic carbocycles. The topological polar surface area (TPSA) is 28.2 Å². The highest BCUT2D eigenvalue weighted by Gasteiger charge is 2.16. The van der Waals surface area contributed by atoms with E-state index in [4.69, 9.17) is 0 Å². The lowest BCUT2D eigenvalue weighted by Gasteiger charge is -2.31. The lowest BCUT2D eigenvalue weighted by atomic mass is 10.0. The average molecular weight is 372 g/mol. The van der Waals surface area contributed by atoms with Crippen LogP contribution in [0.15, 0.2) is 53.4 Å². The second-order valence-corrected chi connectivity index (χ2v) is 6.82. The molecule has 0 saturated heterocycles. The molecule has 23 heavy (non-hydrogen) atoms. The second-order valence-electron chi connectivity index (χ2n) is 5.97. The maximum absolute atomic E-state index is 4.15. The Morgan fingerprint density at radius 1 is 1.30 bits per heavy atom. The first-order valence-corrected chi connectivity index (χ1v) is 8.84. The van der Waals surface area contributed by atoms with Crippen LogP contribution in [0, 0.1) is 0 Å². The third-order valence-electron chi connectivity index (χ3n) is 4.25. The quantitative estimate of drug-likeness (QED) is 0.781. The molecule has 3 nitrogen and oxygen atoms in total. The Morgan fingerprint density at radius 2 is 2.22 bits per heavy atom. The smallest absolute Gasteiger partial charge is 0.0433 e. The van der Waals surface area contributed by atoms with E-state index in [1.807, 2.05) is 18.5 Å². The standard InChI is InChI=1S/C19H22BrN3/c1-15(12-22-10-7-16-4-3-9-21-13-16)23-11-8-18-17(14-23)5-2-6-19(18)20/h2-6,8-9,11,13,15,22H,7,10,12,14H2,1H3/t15-/m1/s1. The molecule has 1 aromatic carbocycles. The summed E-state index contributed by atoms with van der Waals surface area (Å²) in [6, 6.07) is 11.0. The molecule has 1 aromatic heterocycles. The summed E-state index contributed by atoms with van der Waals surface area (Å²) in [6.45, 7) is 5.20. The van der Waals surface area contributed by atoms with E-state index in [2.05, 4.69) is 74.6 Å². The Hall–Kier alpha value is -1.65. The predicted octanol–water partition coefficient (Wildman–Crippen LogP) is 3.85. The second kappa shape index (κ2) is 7.75. The van der Waals surface area contributed by atoms with Crippen LogP contribution in [-0.2, 0) is 13.0 Å². The molecule has 0 bridgehead atoms. The zero-order chi connectivity index (χ0) is 16.1. The number of aromatic nitrogens is 1. The van der Waals surface area contributed by atoms with Crippen LogP contribution in [0.5, 0.6) is 0 Å². The third kappa shape index (κ3) is 4.21. The first kappa shape index (κ1) is 16.2. The van der Waals surface area contributed by atoms with Gasteiger partial charge in [-0.15, -0.1) is 0 Å². The van der Waals surface area contributed by atoms with Crippen LogP contribution in [0.1, 0.15) is 23.6 Å². The molecular formula is C19H22BrN3. The van der Waals surface area contributed by atoms with Gasteiger partial charge in [-0.25, -0.2) is 0 Å². The van der Waals surface area contributed by atoms with E-state index in [0.29, 0.717) is 6.04 Å². The van der Waals surface area contributed by atoms with E-state index >= 15 is 0 Å². The molecule has 0 amide bonds. The van der Waals surface area contributed by atoms with E-state index in [-0.39, 0.29) is 0 Å². The van der Waals surface area contributed by atoms with E-state index in [9.17, 15) is 0 Å². The molecule has 1 aliphatic heterocycles. The van der Waals surface area contributed by atoms with E-state index in [1.54, 1.807) is 0 Å². The molecule has 4 heteroatoms. The fourth-order valence-corrected chi connectivity index (χ4v) is 3.38. The average Bonchev–Trinajstić information content (AvgIpc) is 2.59. The van der Waals surface area contributed by atoms with Crippen LogP contribution >= 0.6 is 15.9 Å². The SMILES string of the molecule is C[C@H](CNCCc1cccnc1)N1C=Cc2c(Br)cccc2C1. The lowest BCUT2D eigenvalue weighted by molar-refractivity contribution is 0.275. The molecule has 2 aromatic rings. The molecule has 0 saturated carbocycles. The fraction of sp³-hybridized carbons (Fsp3) is 0.316. The number of hydrogen-bond acceptors (Lipinski definition) is 3. The minimum absolute atomic E-state index is 0.465. The van der Waals surface area contributed by atoms with Gasteiger partial charge in [0.1, 0.15) is 0 Å². The summed E-state index contributed by atoms with van der Waals surface area (Å²) < 4.78 is 1.17. The van der Waals surface area contributed by atoms with E-state index < -0.39 is 0 Å².